The molecule has 2 aliphatic rings. The van der Waals surface area contributed by atoms with Crippen LogP contribution in [0.3, 0.4) is 0 Å². The second kappa shape index (κ2) is 4.40. The first-order valence-corrected chi connectivity index (χ1v) is 6.54. The van der Waals surface area contributed by atoms with Gasteiger partial charge >= 0.3 is 6.36 Å². The fourth-order valence-corrected chi connectivity index (χ4v) is 3.32. The van der Waals surface area contributed by atoms with Gasteiger partial charge in [-0.05, 0) is 67.4 Å². The minimum Gasteiger partial charge on any atom is -0.406 e. The van der Waals surface area contributed by atoms with E-state index < -0.39 is 6.36 Å². The van der Waals surface area contributed by atoms with Crippen LogP contribution in [0, 0.1) is 5.41 Å². The summed E-state index contributed by atoms with van der Waals surface area (Å²) in [4.78, 5) is 0. The Balaban J connectivity index is 1.80. The summed E-state index contributed by atoms with van der Waals surface area (Å²) >= 11 is 0. The molecule has 1 aliphatic carbocycles. The Morgan fingerprint density at radius 3 is 2.42 bits per heavy atom. The van der Waals surface area contributed by atoms with Crippen LogP contribution in [-0.4, -0.2) is 19.5 Å². The number of piperidine rings is 1. The standard InChI is InChI=1S/C14H16F3NO/c15-14(16,17)19-12-2-1-10-8-13(9-11(10)7-12)3-5-18-6-4-13/h1-2,7,18H,3-6,8-9H2. The van der Waals surface area contributed by atoms with E-state index in [1.54, 1.807) is 12.1 Å². The molecular formula is C14H16F3NO. The average Bonchev–Trinajstić information content (AvgIpc) is 2.64. The van der Waals surface area contributed by atoms with E-state index in [-0.39, 0.29) is 11.2 Å². The van der Waals surface area contributed by atoms with Crippen LogP contribution in [0.2, 0.25) is 0 Å². The van der Waals surface area contributed by atoms with Crippen molar-refractivity contribution in [2.75, 3.05) is 13.1 Å². The minimum absolute atomic E-state index is 0.0998. The zero-order valence-electron chi connectivity index (χ0n) is 10.5. The third kappa shape index (κ3) is 2.71. The molecule has 0 radical (unpaired) electrons. The lowest BCUT2D eigenvalue weighted by molar-refractivity contribution is -0.274. The molecule has 104 valence electrons. The van der Waals surface area contributed by atoms with E-state index in [9.17, 15) is 13.2 Å². The van der Waals surface area contributed by atoms with Crippen molar-refractivity contribution in [2.45, 2.75) is 32.0 Å². The zero-order chi connectivity index (χ0) is 13.5. The number of rotatable bonds is 1. The molecule has 19 heavy (non-hydrogen) atoms. The quantitative estimate of drug-likeness (QED) is 0.847. The van der Waals surface area contributed by atoms with Crippen LogP contribution in [0.15, 0.2) is 18.2 Å². The van der Waals surface area contributed by atoms with Crippen molar-refractivity contribution in [3.05, 3.63) is 29.3 Å². The Morgan fingerprint density at radius 2 is 1.74 bits per heavy atom. The molecule has 1 heterocycles. The Hall–Kier alpha value is -1.23. The van der Waals surface area contributed by atoms with Gasteiger partial charge in [0.2, 0.25) is 0 Å². The topological polar surface area (TPSA) is 21.3 Å². The highest BCUT2D eigenvalue weighted by atomic mass is 19.4. The highest BCUT2D eigenvalue weighted by Crippen LogP contribution is 2.44. The predicted octanol–water partition coefficient (Wildman–Crippen LogP) is 3.05. The lowest BCUT2D eigenvalue weighted by atomic mass is 9.76. The third-order valence-corrected chi connectivity index (χ3v) is 4.21. The molecule has 0 bridgehead atoms. The lowest BCUT2D eigenvalue weighted by Crippen LogP contribution is -2.37. The van der Waals surface area contributed by atoms with E-state index in [0.29, 0.717) is 0 Å². The van der Waals surface area contributed by atoms with E-state index in [1.807, 2.05) is 0 Å². The Labute approximate surface area is 109 Å². The van der Waals surface area contributed by atoms with Gasteiger partial charge < -0.3 is 10.1 Å². The maximum Gasteiger partial charge on any atom is 0.573 e. The SMILES string of the molecule is FC(F)(F)Oc1ccc2c(c1)CC1(CCNCC1)C2. The van der Waals surface area contributed by atoms with Crippen molar-refractivity contribution in [1.29, 1.82) is 0 Å². The van der Waals surface area contributed by atoms with Gasteiger partial charge in [-0.1, -0.05) is 6.07 Å². The molecule has 1 spiro atoms. The first-order chi connectivity index (χ1) is 8.96. The van der Waals surface area contributed by atoms with Crippen molar-refractivity contribution in [3.8, 4) is 5.75 Å². The Kier molecular flexibility index (Phi) is 2.96. The highest BCUT2D eigenvalue weighted by Gasteiger charge is 2.38. The largest absolute Gasteiger partial charge is 0.573 e. The molecule has 0 atom stereocenters. The van der Waals surface area contributed by atoms with Crippen LogP contribution in [0.5, 0.6) is 5.75 Å². The molecule has 0 unspecified atom stereocenters. The van der Waals surface area contributed by atoms with Crippen LogP contribution >= 0.6 is 0 Å². The fourth-order valence-electron chi connectivity index (χ4n) is 3.32. The predicted molar refractivity (Wildman–Crippen MR) is 65.1 cm³/mol. The van der Waals surface area contributed by atoms with E-state index >= 15 is 0 Å². The first-order valence-electron chi connectivity index (χ1n) is 6.54. The third-order valence-electron chi connectivity index (χ3n) is 4.21. The van der Waals surface area contributed by atoms with Gasteiger partial charge in [0.25, 0.3) is 0 Å². The van der Waals surface area contributed by atoms with Gasteiger partial charge in [0.1, 0.15) is 5.75 Å². The van der Waals surface area contributed by atoms with Crippen LogP contribution in [0.25, 0.3) is 0 Å². The van der Waals surface area contributed by atoms with Crippen LogP contribution in [0.4, 0.5) is 13.2 Å². The molecule has 1 N–H and O–H groups in total. The molecule has 0 amide bonds. The molecule has 1 fully saturated rings. The molecule has 1 aromatic carbocycles. The minimum atomic E-state index is -4.61. The number of fused-ring (bicyclic) bond motifs is 1. The van der Waals surface area contributed by atoms with Gasteiger partial charge in [-0.3, -0.25) is 0 Å². The number of halogens is 3. The van der Waals surface area contributed by atoms with E-state index in [1.165, 1.54) is 11.6 Å². The summed E-state index contributed by atoms with van der Waals surface area (Å²) in [5.41, 5.74) is 2.45. The van der Waals surface area contributed by atoms with Crippen molar-refractivity contribution in [1.82, 2.24) is 5.32 Å². The van der Waals surface area contributed by atoms with Gasteiger partial charge in [0.15, 0.2) is 0 Å². The number of hydrogen-bond acceptors (Lipinski definition) is 2. The molecule has 0 saturated carbocycles. The maximum atomic E-state index is 12.2. The number of hydrogen-bond donors (Lipinski definition) is 1. The zero-order valence-corrected chi connectivity index (χ0v) is 10.5. The molecular weight excluding hydrogens is 255 g/mol. The van der Waals surface area contributed by atoms with E-state index in [0.717, 1.165) is 44.3 Å². The summed E-state index contributed by atoms with van der Waals surface area (Å²) in [6.45, 7) is 2.00. The molecule has 1 aromatic rings. The first kappa shape index (κ1) is 12.8. The van der Waals surface area contributed by atoms with Crippen LogP contribution < -0.4 is 10.1 Å². The monoisotopic (exact) mass is 271 g/mol. The average molecular weight is 271 g/mol. The number of nitrogens with one attached hydrogen (secondary N) is 1. The molecule has 0 aromatic heterocycles. The van der Waals surface area contributed by atoms with Crippen molar-refractivity contribution in [3.63, 3.8) is 0 Å². The van der Waals surface area contributed by atoms with Crippen molar-refractivity contribution >= 4 is 0 Å². The van der Waals surface area contributed by atoms with E-state index in [4.69, 9.17) is 0 Å². The highest BCUT2D eigenvalue weighted by molar-refractivity contribution is 5.40. The summed E-state index contributed by atoms with van der Waals surface area (Å²) < 4.78 is 40.6. The summed E-state index contributed by atoms with van der Waals surface area (Å²) in [5, 5.41) is 3.33. The van der Waals surface area contributed by atoms with Gasteiger partial charge in [0, 0.05) is 0 Å². The molecule has 3 rings (SSSR count). The van der Waals surface area contributed by atoms with Crippen molar-refractivity contribution in [2.24, 2.45) is 5.41 Å². The maximum absolute atomic E-state index is 12.2. The molecule has 5 heteroatoms. The lowest BCUT2D eigenvalue weighted by Gasteiger charge is -2.33. The Bertz CT molecular complexity index is 478. The normalized spacial score (nSPS) is 21.4. The van der Waals surface area contributed by atoms with Gasteiger partial charge in [-0.2, -0.15) is 0 Å². The number of alkyl halides is 3. The summed E-state index contributed by atoms with van der Waals surface area (Å²) in [7, 11) is 0. The molecule has 1 saturated heterocycles. The smallest absolute Gasteiger partial charge is 0.406 e. The van der Waals surface area contributed by atoms with Gasteiger partial charge in [-0.15, -0.1) is 13.2 Å². The number of benzene rings is 1. The number of ether oxygens (including phenoxy) is 1. The van der Waals surface area contributed by atoms with E-state index in [2.05, 4.69) is 10.1 Å². The second-order valence-electron chi connectivity index (χ2n) is 5.58. The summed E-state index contributed by atoms with van der Waals surface area (Å²) in [5.74, 6) is -0.0998. The van der Waals surface area contributed by atoms with Crippen LogP contribution in [-0.2, 0) is 12.8 Å². The fraction of sp³-hybridized carbons (Fsp3) is 0.571. The van der Waals surface area contributed by atoms with Gasteiger partial charge in [0.05, 0.1) is 0 Å². The molecule has 1 aliphatic heterocycles. The summed E-state index contributed by atoms with van der Waals surface area (Å²) in [6.07, 6.45) is -0.567. The Morgan fingerprint density at radius 1 is 1.05 bits per heavy atom. The summed E-state index contributed by atoms with van der Waals surface area (Å²) in [6, 6.07) is 4.76. The van der Waals surface area contributed by atoms with Gasteiger partial charge in [-0.25, -0.2) is 0 Å². The van der Waals surface area contributed by atoms with Crippen LogP contribution in [0.1, 0.15) is 24.0 Å². The molecule has 2 nitrogen and oxygen atoms in total. The van der Waals surface area contributed by atoms with Crippen molar-refractivity contribution < 1.29 is 17.9 Å². The second-order valence-corrected chi connectivity index (χ2v) is 5.58.